The molecule has 5 heteroatoms. The Balaban J connectivity index is 2.15. The SMILES string of the molecule is CCCCCNC(=O)CN1CCC(C(=O)NCC)CC1. The van der Waals surface area contributed by atoms with Crippen molar-refractivity contribution in [2.45, 2.75) is 46.0 Å². The van der Waals surface area contributed by atoms with Crippen molar-refractivity contribution in [2.24, 2.45) is 5.92 Å². The monoisotopic (exact) mass is 283 g/mol. The molecule has 0 spiro atoms. The molecular weight excluding hydrogens is 254 g/mol. The van der Waals surface area contributed by atoms with Crippen LogP contribution in [-0.2, 0) is 9.59 Å². The lowest BCUT2D eigenvalue weighted by Gasteiger charge is -2.30. The standard InChI is InChI=1S/C15H29N3O2/c1-3-5-6-9-17-14(19)12-18-10-7-13(8-11-18)15(20)16-4-2/h13H,3-12H2,1-2H3,(H,16,20)(H,17,19). The summed E-state index contributed by atoms with van der Waals surface area (Å²) in [6.07, 6.45) is 5.10. The zero-order valence-corrected chi connectivity index (χ0v) is 12.9. The third-order valence-electron chi connectivity index (χ3n) is 3.78. The zero-order chi connectivity index (χ0) is 14.8. The number of likely N-dealkylation sites (tertiary alicyclic amines) is 1. The van der Waals surface area contributed by atoms with E-state index >= 15 is 0 Å². The Kier molecular flexibility index (Phi) is 8.26. The molecule has 0 saturated carbocycles. The summed E-state index contributed by atoms with van der Waals surface area (Å²) < 4.78 is 0. The number of unbranched alkanes of at least 4 members (excludes halogenated alkanes) is 2. The number of carbonyl (C=O) groups is 2. The van der Waals surface area contributed by atoms with Gasteiger partial charge in [0.1, 0.15) is 0 Å². The summed E-state index contributed by atoms with van der Waals surface area (Å²) in [5, 5.41) is 5.83. The van der Waals surface area contributed by atoms with Crippen molar-refractivity contribution in [1.29, 1.82) is 0 Å². The number of hydrogen-bond donors (Lipinski definition) is 2. The maximum absolute atomic E-state index is 11.8. The number of hydrogen-bond acceptors (Lipinski definition) is 3. The van der Waals surface area contributed by atoms with Crippen LogP contribution in [0.3, 0.4) is 0 Å². The first-order valence-electron chi connectivity index (χ1n) is 7.94. The number of carbonyl (C=O) groups excluding carboxylic acids is 2. The third-order valence-corrected chi connectivity index (χ3v) is 3.78. The lowest BCUT2D eigenvalue weighted by atomic mass is 9.96. The fraction of sp³-hybridized carbons (Fsp3) is 0.867. The quantitative estimate of drug-likeness (QED) is 0.657. The topological polar surface area (TPSA) is 61.4 Å². The number of nitrogens with zero attached hydrogens (tertiary/aromatic N) is 1. The smallest absolute Gasteiger partial charge is 0.234 e. The maximum atomic E-state index is 11.8. The molecule has 1 aliphatic rings. The average molecular weight is 283 g/mol. The van der Waals surface area contributed by atoms with Gasteiger partial charge >= 0.3 is 0 Å². The molecule has 1 saturated heterocycles. The molecule has 1 aliphatic heterocycles. The van der Waals surface area contributed by atoms with Crippen LogP contribution >= 0.6 is 0 Å². The van der Waals surface area contributed by atoms with Gasteiger partial charge in [-0.1, -0.05) is 19.8 Å². The van der Waals surface area contributed by atoms with E-state index in [0.29, 0.717) is 13.1 Å². The largest absolute Gasteiger partial charge is 0.356 e. The Morgan fingerprint density at radius 2 is 1.80 bits per heavy atom. The molecule has 20 heavy (non-hydrogen) atoms. The average Bonchev–Trinajstić information content (AvgIpc) is 2.45. The van der Waals surface area contributed by atoms with Gasteiger partial charge in [0.05, 0.1) is 6.54 Å². The predicted molar refractivity (Wildman–Crippen MR) is 80.4 cm³/mol. The molecule has 0 atom stereocenters. The second-order valence-corrected chi connectivity index (χ2v) is 5.50. The van der Waals surface area contributed by atoms with E-state index in [9.17, 15) is 9.59 Å². The molecule has 0 aromatic heterocycles. The fourth-order valence-corrected chi connectivity index (χ4v) is 2.53. The summed E-state index contributed by atoms with van der Waals surface area (Å²) in [7, 11) is 0. The number of nitrogens with one attached hydrogen (secondary N) is 2. The van der Waals surface area contributed by atoms with Gasteiger partial charge in [-0.3, -0.25) is 14.5 Å². The van der Waals surface area contributed by atoms with Gasteiger partial charge in [-0.2, -0.15) is 0 Å². The highest BCUT2D eigenvalue weighted by atomic mass is 16.2. The highest BCUT2D eigenvalue weighted by molar-refractivity contribution is 5.79. The van der Waals surface area contributed by atoms with Crippen LogP contribution in [0.15, 0.2) is 0 Å². The summed E-state index contributed by atoms with van der Waals surface area (Å²) in [5.41, 5.74) is 0. The van der Waals surface area contributed by atoms with Crippen molar-refractivity contribution < 1.29 is 9.59 Å². The van der Waals surface area contributed by atoms with Gasteiger partial charge in [0.25, 0.3) is 0 Å². The summed E-state index contributed by atoms with van der Waals surface area (Å²) in [5.74, 6) is 0.396. The first-order valence-corrected chi connectivity index (χ1v) is 7.94. The van der Waals surface area contributed by atoms with Crippen molar-refractivity contribution in [2.75, 3.05) is 32.7 Å². The highest BCUT2D eigenvalue weighted by Crippen LogP contribution is 2.16. The van der Waals surface area contributed by atoms with Crippen molar-refractivity contribution in [3.8, 4) is 0 Å². The molecule has 2 amide bonds. The van der Waals surface area contributed by atoms with Gasteiger partial charge in [0.2, 0.25) is 11.8 Å². The molecule has 0 aliphatic carbocycles. The molecule has 1 fully saturated rings. The molecule has 0 bridgehead atoms. The van der Waals surface area contributed by atoms with Crippen LogP contribution in [0.5, 0.6) is 0 Å². The first-order chi connectivity index (χ1) is 9.67. The van der Waals surface area contributed by atoms with E-state index in [-0.39, 0.29) is 17.7 Å². The van der Waals surface area contributed by atoms with Gasteiger partial charge in [0.15, 0.2) is 0 Å². The number of amides is 2. The van der Waals surface area contributed by atoms with Crippen LogP contribution < -0.4 is 10.6 Å². The lowest BCUT2D eigenvalue weighted by Crippen LogP contribution is -2.44. The van der Waals surface area contributed by atoms with E-state index in [1.165, 1.54) is 6.42 Å². The molecule has 0 aromatic carbocycles. The van der Waals surface area contributed by atoms with E-state index in [1.54, 1.807) is 0 Å². The van der Waals surface area contributed by atoms with Crippen LogP contribution in [0.25, 0.3) is 0 Å². The Morgan fingerprint density at radius 3 is 2.40 bits per heavy atom. The van der Waals surface area contributed by atoms with Crippen LogP contribution in [0.1, 0.15) is 46.0 Å². The maximum Gasteiger partial charge on any atom is 0.234 e. The van der Waals surface area contributed by atoms with Crippen molar-refractivity contribution in [3.63, 3.8) is 0 Å². The van der Waals surface area contributed by atoms with E-state index in [2.05, 4.69) is 22.5 Å². The minimum Gasteiger partial charge on any atom is -0.356 e. The second kappa shape index (κ2) is 9.75. The van der Waals surface area contributed by atoms with E-state index in [4.69, 9.17) is 0 Å². The lowest BCUT2D eigenvalue weighted by molar-refractivity contribution is -0.126. The van der Waals surface area contributed by atoms with Crippen LogP contribution in [0, 0.1) is 5.92 Å². The van der Waals surface area contributed by atoms with Crippen molar-refractivity contribution >= 4 is 11.8 Å². The van der Waals surface area contributed by atoms with Gasteiger partial charge in [-0.25, -0.2) is 0 Å². The van der Waals surface area contributed by atoms with Gasteiger partial charge in [-0.15, -0.1) is 0 Å². The van der Waals surface area contributed by atoms with Crippen LogP contribution in [-0.4, -0.2) is 49.4 Å². The molecule has 1 rings (SSSR count). The summed E-state index contributed by atoms with van der Waals surface area (Å²) in [6, 6.07) is 0. The molecule has 116 valence electrons. The Hall–Kier alpha value is -1.10. The molecule has 0 aromatic rings. The second-order valence-electron chi connectivity index (χ2n) is 5.50. The minimum atomic E-state index is 0.109. The van der Waals surface area contributed by atoms with Gasteiger partial charge in [-0.05, 0) is 39.3 Å². The predicted octanol–water partition coefficient (Wildman–Crippen LogP) is 1.14. The number of rotatable bonds is 8. The van der Waals surface area contributed by atoms with E-state index in [1.807, 2.05) is 6.92 Å². The van der Waals surface area contributed by atoms with Crippen molar-refractivity contribution in [1.82, 2.24) is 15.5 Å². The van der Waals surface area contributed by atoms with Crippen LogP contribution in [0.4, 0.5) is 0 Å². The fourth-order valence-electron chi connectivity index (χ4n) is 2.53. The molecule has 0 radical (unpaired) electrons. The Bertz CT molecular complexity index is 299. The van der Waals surface area contributed by atoms with Gasteiger partial charge in [0, 0.05) is 19.0 Å². The molecular formula is C15H29N3O2. The number of piperidine rings is 1. The van der Waals surface area contributed by atoms with Gasteiger partial charge < -0.3 is 10.6 Å². The van der Waals surface area contributed by atoms with E-state index in [0.717, 1.165) is 45.3 Å². The summed E-state index contributed by atoms with van der Waals surface area (Å²) in [6.45, 7) is 7.71. The molecule has 1 heterocycles. The third kappa shape index (κ3) is 6.37. The summed E-state index contributed by atoms with van der Waals surface area (Å²) in [4.78, 5) is 25.6. The van der Waals surface area contributed by atoms with E-state index < -0.39 is 0 Å². The summed E-state index contributed by atoms with van der Waals surface area (Å²) >= 11 is 0. The Labute approximate surface area is 122 Å². The Morgan fingerprint density at radius 1 is 1.10 bits per heavy atom. The zero-order valence-electron chi connectivity index (χ0n) is 12.9. The minimum absolute atomic E-state index is 0.109. The normalized spacial score (nSPS) is 16.9. The molecule has 2 N–H and O–H groups in total. The highest BCUT2D eigenvalue weighted by Gasteiger charge is 2.25. The molecule has 0 unspecified atom stereocenters. The van der Waals surface area contributed by atoms with Crippen LogP contribution in [0.2, 0.25) is 0 Å². The van der Waals surface area contributed by atoms with Crippen molar-refractivity contribution in [3.05, 3.63) is 0 Å². The molecule has 5 nitrogen and oxygen atoms in total. The first kappa shape index (κ1) is 17.0.